The Morgan fingerprint density at radius 2 is 1.77 bits per heavy atom. The predicted octanol–water partition coefficient (Wildman–Crippen LogP) is 3.41. The van der Waals surface area contributed by atoms with E-state index in [0.29, 0.717) is 61.5 Å². The third-order valence-corrected chi connectivity index (χ3v) is 6.91. The van der Waals surface area contributed by atoms with Gasteiger partial charge >= 0.3 is 0 Å². The van der Waals surface area contributed by atoms with E-state index in [1.807, 2.05) is 23.9 Å². The average Bonchev–Trinajstić information content (AvgIpc) is 3.30. The van der Waals surface area contributed by atoms with Crippen LogP contribution in [0.5, 0.6) is 0 Å². The van der Waals surface area contributed by atoms with Crippen LogP contribution in [0.15, 0.2) is 30.3 Å². The molecule has 2 aromatic heterocycles. The van der Waals surface area contributed by atoms with Crippen LogP contribution in [-0.4, -0.2) is 89.4 Å². The number of rotatable bonds is 8. The molecule has 0 unspecified atom stereocenters. The van der Waals surface area contributed by atoms with E-state index in [4.69, 9.17) is 14.7 Å². The van der Waals surface area contributed by atoms with E-state index >= 15 is 0 Å². The first-order valence-corrected chi connectivity index (χ1v) is 13.1. The lowest BCUT2D eigenvalue weighted by atomic mass is 9.91. The number of carbonyl (C=O) groups is 1. The maximum Gasteiger partial charge on any atom is 0.296 e. The molecule has 0 spiro atoms. The second-order valence-electron chi connectivity index (χ2n) is 10.1. The quantitative estimate of drug-likeness (QED) is 0.429. The number of alkyl halides is 2. The van der Waals surface area contributed by atoms with Crippen molar-refractivity contribution in [3.05, 3.63) is 36.2 Å². The Labute approximate surface area is 232 Å². The molecular weight excluding hydrogens is 530 g/mol. The number of para-hydroxylation sites is 2. The van der Waals surface area contributed by atoms with Gasteiger partial charge in [-0.1, -0.05) is 12.1 Å². The zero-order chi connectivity index (χ0) is 26.6. The monoisotopic (exact) mass is 564 g/mol. The first-order chi connectivity index (χ1) is 18.4. The van der Waals surface area contributed by atoms with Gasteiger partial charge in [0.2, 0.25) is 11.9 Å². The molecule has 0 bridgehead atoms. The number of benzene rings is 1. The number of nitrogens with zero attached hydrogens (tertiary/aromatic N) is 6. The Morgan fingerprint density at radius 1 is 1.08 bits per heavy atom. The highest BCUT2D eigenvalue weighted by atomic mass is 35.5. The van der Waals surface area contributed by atoms with Gasteiger partial charge in [-0.25, -0.2) is 13.8 Å². The molecule has 2 aliphatic rings. The summed E-state index contributed by atoms with van der Waals surface area (Å²) in [4.78, 5) is 29.7. The Kier molecular flexibility index (Phi) is 9.52. The van der Waals surface area contributed by atoms with Gasteiger partial charge in [-0.05, 0) is 51.9 Å². The largest absolute Gasteiger partial charge is 0.378 e. The van der Waals surface area contributed by atoms with Gasteiger partial charge < -0.3 is 25.2 Å². The predicted molar refractivity (Wildman–Crippen MR) is 148 cm³/mol. The molecule has 1 aliphatic heterocycles. The van der Waals surface area contributed by atoms with Crippen LogP contribution in [-0.2, 0) is 9.53 Å². The number of morpholine rings is 1. The zero-order valence-corrected chi connectivity index (χ0v) is 23.0. The number of imidazole rings is 1. The van der Waals surface area contributed by atoms with Crippen molar-refractivity contribution >= 4 is 41.1 Å². The van der Waals surface area contributed by atoms with Gasteiger partial charge in [0.1, 0.15) is 11.6 Å². The van der Waals surface area contributed by atoms with E-state index in [0.717, 1.165) is 25.7 Å². The molecule has 0 atom stereocenters. The minimum absolute atomic E-state index is 0. The van der Waals surface area contributed by atoms with Crippen molar-refractivity contribution in [1.82, 2.24) is 29.7 Å². The van der Waals surface area contributed by atoms with Gasteiger partial charge in [0.15, 0.2) is 5.82 Å². The van der Waals surface area contributed by atoms with Crippen LogP contribution in [0.2, 0.25) is 0 Å². The van der Waals surface area contributed by atoms with Gasteiger partial charge in [0.05, 0.1) is 30.8 Å². The van der Waals surface area contributed by atoms with E-state index in [1.165, 1.54) is 4.57 Å². The Balaban J connectivity index is 0.00000353. The number of amides is 1. The highest BCUT2D eigenvalue weighted by molar-refractivity contribution is 5.85. The van der Waals surface area contributed by atoms with Crippen molar-refractivity contribution in [2.75, 3.05) is 57.2 Å². The summed E-state index contributed by atoms with van der Waals surface area (Å²) in [5, 5.41) is 6.63. The first-order valence-electron chi connectivity index (χ1n) is 13.1. The van der Waals surface area contributed by atoms with Crippen LogP contribution >= 0.6 is 12.4 Å². The van der Waals surface area contributed by atoms with Gasteiger partial charge in [-0.2, -0.15) is 9.97 Å². The Hall–Kier alpha value is -3.09. The van der Waals surface area contributed by atoms with Crippen LogP contribution < -0.4 is 15.5 Å². The Bertz CT molecular complexity index is 1260. The summed E-state index contributed by atoms with van der Waals surface area (Å²) in [6.07, 6.45) is 0.656. The molecule has 13 heteroatoms. The molecular formula is C26H35ClF2N8O2. The van der Waals surface area contributed by atoms with Crippen LogP contribution in [0.25, 0.3) is 16.9 Å². The van der Waals surface area contributed by atoms with Crippen molar-refractivity contribution in [3.8, 4) is 5.82 Å². The van der Waals surface area contributed by atoms with E-state index < -0.39 is 6.43 Å². The topological polar surface area (TPSA) is 100 Å². The fraction of sp³-hybridized carbons (Fsp3) is 0.538. The second kappa shape index (κ2) is 12.8. The minimum Gasteiger partial charge on any atom is -0.378 e. The van der Waals surface area contributed by atoms with Crippen LogP contribution in [0.3, 0.4) is 0 Å². The number of fused-ring (bicyclic) bond motifs is 1. The van der Waals surface area contributed by atoms with Gasteiger partial charge in [0.25, 0.3) is 6.43 Å². The van der Waals surface area contributed by atoms with Gasteiger partial charge in [-0.15, -0.1) is 12.4 Å². The maximum absolute atomic E-state index is 14.1. The van der Waals surface area contributed by atoms with E-state index in [-0.39, 0.29) is 36.2 Å². The summed E-state index contributed by atoms with van der Waals surface area (Å²) < 4.78 is 35.1. The van der Waals surface area contributed by atoms with E-state index in [1.54, 1.807) is 30.3 Å². The fourth-order valence-electron chi connectivity index (χ4n) is 5.10. The van der Waals surface area contributed by atoms with Crippen LogP contribution in [0.1, 0.15) is 37.9 Å². The first kappa shape index (κ1) is 28.9. The van der Waals surface area contributed by atoms with Crippen molar-refractivity contribution in [1.29, 1.82) is 0 Å². The molecule has 1 saturated carbocycles. The molecule has 3 heterocycles. The number of halogens is 3. The summed E-state index contributed by atoms with van der Waals surface area (Å²) in [5.41, 5.74) is 1.05. The standard InChI is InChI=1S/C26H34F2N8O2.ClH/c1-34(2)16-23(37)30-18-9-7-17(8-10-18)29-21-15-22(33-26(32-21)35-11-13-38-14-12-35)36-20-6-4-3-5-19(20)31-25(36)24(27)28;/h3-6,15,17-18,24H,7-14,16H2,1-2H3,(H,30,37)(H,29,32,33);1H. The molecule has 5 rings (SSSR count). The molecule has 3 aromatic rings. The average molecular weight is 565 g/mol. The summed E-state index contributed by atoms with van der Waals surface area (Å²) in [7, 11) is 3.75. The van der Waals surface area contributed by atoms with Crippen LogP contribution in [0, 0.1) is 0 Å². The van der Waals surface area contributed by atoms with E-state index in [2.05, 4.69) is 15.6 Å². The normalized spacial score (nSPS) is 19.8. The fourth-order valence-corrected chi connectivity index (χ4v) is 5.10. The molecule has 1 saturated heterocycles. The van der Waals surface area contributed by atoms with Crippen LogP contribution in [0.4, 0.5) is 20.5 Å². The van der Waals surface area contributed by atoms with Crippen molar-refractivity contribution in [2.45, 2.75) is 44.2 Å². The summed E-state index contributed by atoms with van der Waals surface area (Å²) in [6.45, 7) is 2.71. The third-order valence-electron chi connectivity index (χ3n) is 6.91. The molecule has 39 heavy (non-hydrogen) atoms. The third kappa shape index (κ3) is 6.92. The smallest absolute Gasteiger partial charge is 0.296 e. The molecule has 0 radical (unpaired) electrons. The molecule has 1 aliphatic carbocycles. The highest BCUT2D eigenvalue weighted by Crippen LogP contribution is 2.30. The minimum atomic E-state index is -2.77. The number of hydrogen-bond donors (Lipinski definition) is 2. The molecule has 1 aromatic carbocycles. The summed E-state index contributed by atoms with van der Waals surface area (Å²) >= 11 is 0. The van der Waals surface area contributed by atoms with Gasteiger partial charge in [0, 0.05) is 31.2 Å². The maximum atomic E-state index is 14.1. The molecule has 2 fully saturated rings. The lowest BCUT2D eigenvalue weighted by molar-refractivity contribution is -0.122. The van der Waals surface area contributed by atoms with Crippen molar-refractivity contribution in [3.63, 3.8) is 0 Å². The lowest BCUT2D eigenvalue weighted by Gasteiger charge is -2.31. The second-order valence-corrected chi connectivity index (χ2v) is 10.1. The number of ether oxygens (including phenoxy) is 1. The SMILES string of the molecule is CN(C)CC(=O)NC1CCC(Nc2cc(-n3c(C(F)F)nc4ccccc43)nc(N3CCOCC3)n2)CC1.Cl. The number of nitrogens with one attached hydrogen (secondary N) is 2. The number of hydrogen-bond acceptors (Lipinski definition) is 8. The number of anilines is 2. The molecule has 2 N–H and O–H groups in total. The highest BCUT2D eigenvalue weighted by Gasteiger charge is 2.26. The van der Waals surface area contributed by atoms with Crippen molar-refractivity contribution < 1.29 is 18.3 Å². The molecule has 212 valence electrons. The van der Waals surface area contributed by atoms with E-state index in [9.17, 15) is 13.6 Å². The zero-order valence-electron chi connectivity index (χ0n) is 22.1. The number of carbonyl (C=O) groups excluding carboxylic acids is 1. The number of likely N-dealkylation sites (N-methyl/N-ethyl adjacent to an activating group) is 1. The van der Waals surface area contributed by atoms with Gasteiger partial charge in [-0.3, -0.25) is 9.36 Å². The lowest BCUT2D eigenvalue weighted by Crippen LogP contribution is -2.43. The Morgan fingerprint density at radius 3 is 2.46 bits per heavy atom. The summed E-state index contributed by atoms with van der Waals surface area (Å²) in [5.74, 6) is 1.07. The molecule has 1 amide bonds. The summed E-state index contributed by atoms with van der Waals surface area (Å²) in [6, 6.07) is 9.08. The van der Waals surface area contributed by atoms with Crippen molar-refractivity contribution in [2.24, 2.45) is 0 Å². The molecule has 10 nitrogen and oxygen atoms in total. The number of aromatic nitrogens is 4.